The molecule has 1 aromatic heterocycles. The van der Waals surface area contributed by atoms with Crippen LogP contribution in [0.2, 0.25) is 5.02 Å². The monoisotopic (exact) mass is 247 g/mol. The molecular formula is C14H14ClNO. The maximum atomic E-state index is 10.1. The quantitative estimate of drug-likeness (QED) is 0.903. The lowest BCUT2D eigenvalue weighted by atomic mass is 10.0. The van der Waals surface area contributed by atoms with Gasteiger partial charge in [-0.25, -0.2) is 0 Å². The van der Waals surface area contributed by atoms with Crippen LogP contribution in [0.25, 0.3) is 0 Å². The van der Waals surface area contributed by atoms with E-state index in [-0.39, 0.29) is 0 Å². The normalized spacial score (nSPS) is 12.4. The van der Waals surface area contributed by atoms with Crippen LogP contribution in [-0.4, -0.2) is 10.1 Å². The third-order valence-corrected chi connectivity index (χ3v) is 2.96. The number of aryl methyl sites for hydroxylation is 1. The number of halogens is 1. The van der Waals surface area contributed by atoms with Crippen molar-refractivity contribution in [3.63, 3.8) is 0 Å². The number of aliphatic hydroxyl groups excluding tert-OH is 1. The second-order valence-corrected chi connectivity index (χ2v) is 4.49. The molecule has 0 aliphatic rings. The third-order valence-electron chi connectivity index (χ3n) is 2.71. The molecule has 0 saturated carbocycles. The molecule has 0 saturated heterocycles. The summed E-state index contributed by atoms with van der Waals surface area (Å²) < 4.78 is 0. The van der Waals surface area contributed by atoms with Gasteiger partial charge in [0.15, 0.2) is 0 Å². The second-order valence-electron chi connectivity index (χ2n) is 4.05. The molecule has 0 aliphatic carbocycles. The Balaban J connectivity index is 2.14. The predicted molar refractivity (Wildman–Crippen MR) is 69.1 cm³/mol. The molecule has 0 amide bonds. The summed E-state index contributed by atoms with van der Waals surface area (Å²) in [6, 6.07) is 11.3. The van der Waals surface area contributed by atoms with Crippen LogP contribution in [0.5, 0.6) is 0 Å². The molecule has 88 valence electrons. The summed E-state index contributed by atoms with van der Waals surface area (Å²) in [7, 11) is 0. The Hall–Kier alpha value is -1.38. The van der Waals surface area contributed by atoms with E-state index < -0.39 is 6.10 Å². The Bertz CT molecular complexity index is 496. The minimum atomic E-state index is -0.572. The van der Waals surface area contributed by atoms with Gasteiger partial charge in [0.05, 0.1) is 5.69 Å². The molecule has 1 unspecified atom stereocenters. The van der Waals surface area contributed by atoms with Crippen molar-refractivity contribution in [2.75, 3.05) is 0 Å². The highest BCUT2D eigenvalue weighted by molar-refractivity contribution is 6.30. The van der Waals surface area contributed by atoms with E-state index in [1.54, 1.807) is 6.20 Å². The Morgan fingerprint density at radius 3 is 2.59 bits per heavy atom. The highest BCUT2D eigenvalue weighted by Gasteiger charge is 2.12. The third kappa shape index (κ3) is 3.05. The average molecular weight is 248 g/mol. The molecule has 2 aromatic rings. The predicted octanol–water partition coefficient (Wildman–Crippen LogP) is 3.32. The minimum absolute atomic E-state index is 0.551. The first-order chi connectivity index (χ1) is 8.16. The van der Waals surface area contributed by atoms with Crippen LogP contribution in [0.4, 0.5) is 0 Å². The smallest absolute Gasteiger partial charge is 0.100 e. The molecule has 1 N–H and O–H groups in total. The number of rotatable bonds is 3. The summed E-state index contributed by atoms with van der Waals surface area (Å²) in [4.78, 5) is 4.22. The van der Waals surface area contributed by atoms with E-state index in [4.69, 9.17) is 11.6 Å². The molecule has 1 atom stereocenters. The molecule has 17 heavy (non-hydrogen) atoms. The van der Waals surface area contributed by atoms with Crippen LogP contribution in [-0.2, 0) is 6.42 Å². The van der Waals surface area contributed by atoms with Crippen molar-refractivity contribution >= 4 is 11.6 Å². The van der Waals surface area contributed by atoms with Gasteiger partial charge in [0, 0.05) is 17.6 Å². The molecule has 2 rings (SSSR count). The van der Waals surface area contributed by atoms with Crippen LogP contribution in [0.15, 0.2) is 42.6 Å². The number of nitrogens with zero attached hydrogens (tertiary/aromatic N) is 1. The van der Waals surface area contributed by atoms with Gasteiger partial charge in [0.25, 0.3) is 0 Å². The molecule has 0 spiro atoms. The van der Waals surface area contributed by atoms with Crippen LogP contribution in [0, 0.1) is 6.92 Å². The van der Waals surface area contributed by atoms with Gasteiger partial charge < -0.3 is 5.11 Å². The largest absolute Gasteiger partial charge is 0.386 e. The fourth-order valence-electron chi connectivity index (χ4n) is 1.79. The van der Waals surface area contributed by atoms with E-state index in [9.17, 15) is 5.11 Å². The Labute approximate surface area is 106 Å². The van der Waals surface area contributed by atoms with E-state index in [2.05, 4.69) is 4.98 Å². The Morgan fingerprint density at radius 1 is 1.24 bits per heavy atom. The van der Waals surface area contributed by atoms with E-state index in [0.29, 0.717) is 11.4 Å². The fraction of sp³-hybridized carbons (Fsp3) is 0.214. The second kappa shape index (κ2) is 5.30. The van der Waals surface area contributed by atoms with E-state index >= 15 is 0 Å². The number of aromatic nitrogens is 1. The van der Waals surface area contributed by atoms with Crippen LogP contribution < -0.4 is 0 Å². The molecular weight excluding hydrogens is 234 g/mol. The number of aliphatic hydroxyl groups is 1. The van der Waals surface area contributed by atoms with Crippen LogP contribution in [0.1, 0.15) is 22.9 Å². The Morgan fingerprint density at radius 2 is 1.94 bits per heavy atom. The maximum Gasteiger partial charge on any atom is 0.100 e. The zero-order chi connectivity index (χ0) is 12.3. The van der Waals surface area contributed by atoms with Gasteiger partial charge in [-0.15, -0.1) is 0 Å². The summed E-state index contributed by atoms with van der Waals surface area (Å²) in [5.74, 6) is 0. The lowest BCUT2D eigenvalue weighted by molar-refractivity contribution is 0.173. The molecule has 0 fully saturated rings. The lowest BCUT2D eigenvalue weighted by Crippen LogP contribution is -2.06. The van der Waals surface area contributed by atoms with Crippen LogP contribution in [0.3, 0.4) is 0 Å². The van der Waals surface area contributed by atoms with Crippen molar-refractivity contribution in [3.05, 3.63) is 64.4 Å². The molecule has 0 radical (unpaired) electrons. The first kappa shape index (κ1) is 12.1. The summed E-state index contributed by atoms with van der Waals surface area (Å²) in [5, 5.41) is 10.8. The van der Waals surface area contributed by atoms with Gasteiger partial charge in [-0.05, 0) is 36.2 Å². The summed E-state index contributed by atoms with van der Waals surface area (Å²) in [5.41, 5.74) is 2.79. The molecule has 1 heterocycles. The number of hydrogen-bond donors (Lipinski definition) is 1. The average Bonchev–Trinajstić information content (AvgIpc) is 2.32. The van der Waals surface area contributed by atoms with Gasteiger partial charge in [-0.2, -0.15) is 0 Å². The van der Waals surface area contributed by atoms with Gasteiger partial charge in [0.2, 0.25) is 0 Å². The first-order valence-corrected chi connectivity index (χ1v) is 5.88. The molecule has 0 bridgehead atoms. The number of pyridine rings is 1. The molecule has 3 heteroatoms. The zero-order valence-electron chi connectivity index (χ0n) is 9.60. The highest BCUT2D eigenvalue weighted by Crippen LogP contribution is 2.20. The van der Waals surface area contributed by atoms with Crippen LogP contribution >= 0.6 is 11.6 Å². The van der Waals surface area contributed by atoms with Gasteiger partial charge in [0.1, 0.15) is 6.10 Å². The summed E-state index contributed by atoms with van der Waals surface area (Å²) in [6.45, 7) is 1.95. The van der Waals surface area contributed by atoms with Crippen molar-refractivity contribution in [2.45, 2.75) is 19.4 Å². The molecule has 0 aliphatic heterocycles. The number of benzene rings is 1. The summed E-state index contributed by atoms with van der Waals surface area (Å²) in [6.07, 6.45) is 1.68. The van der Waals surface area contributed by atoms with Crippen molar-refractivity contribution in [3.8, 4) is 0 Å². The zero-order valence-corrected chi connectivity index (χ0v) is 10.4. The Kier molecular flexibility index (Phi) is 3.77. The van der Waals surface area contributed by atoms with Crippen molar-refractivity contribution < 1.29 is 5.11 Å². The highest BCUT2D eigenvalue weighted by atomic mass is 35.5. The van der Waals surface area contributed by atoms with E-state index in [1.807, 2.05) is 43.3 Å². The minimum Gasteiger partial charge on any atom is -0.386 e. The van der Waals surface area contributed by atoms with Crippen molar-refractivity contribution in [2.24, 2.45) is 0 Å². The van der Waals surface area contributed by atoms with E-state index in [0.717, 1.165) is 16.8 Å². The molecule has 2 nitrogen and oxygen atoms in total. The van der Waals surface area contributed by atoms with E-state index in [1.165, 1.54) is 0 Å². The van der Waals surface area contributed by atoms with Crippen molar-refractivity contribution in [1.29, 1.82) is 0 Å². The fourth-order valence-corrected chi connectivity index (χ4v) is 1.91. The first-order valence-electron chi connectivity index (χ1n) is 5.51. The topological polar surface area (TPSA) is 33.1 Å². The standard InChI is InChI=1S/C14H14ClNO/c1-10-3-2-8-16-14(10)13(17)9-11-4-6-12(15)7-5-11/h2-8,13,17H,9H2,1H3. The summed E-state index contributed by atoms with van der Waals surface area (Å²) >= 11 is 5.82. The number of hydrogen-bond acceptors (Lipinski definition) is 2. The SMILES string of the molecule is Cc1cccnc1C(O)Cc1ccc(Cl)cc1. The van der Waals surface area contributed by atoms with Gasteiger partial charge in [-0.3, -0.25) is 4.98 Å². The molecule has 1 aromatic carbocycles. The lowest BCUT2D eigenvalue weighted by Gasteiger charge is -2.12. The van der Waals surface area contributed by atoms with Crippen molar-refractivity contribution in [1.82, 2.24) is 4.98 Å². The van der Waals surface area contributed by atoms with Gasteiger partial charge >= 0.3 is 0 Å². The maximum absolute atomic E-state index is 10.1. The van der Waals surface area contributed by atoms with Gasteiger partial charge in [-0.1, -0.05) is 29.8 Å².